The number of aromatic nitrogens is 3. The summed E-state index contributed by atoms with van der Waals surface area (Å²) in [5, 5.41) is 7.92. The van der Waals surface area contributed by atoms with Crippen molar-refractivity contribution in [3.8, 4) is 22.8 Å². The maximum absolute atomic E-state index is 5.67. The molecular weight excluding hydrogens is 374 g/mol. The number of aromatic amines is 1. The van der Waals surface area contributed by atoms with Crippen molar-refractivity contribution in [3.05, 3.63) is 102 Å². The fourth-order valence-electron chi connectivity index (χ4n) is 4.47. The quantitative estimate of drug-likeness (QED) is 0.545. The highest BCUT2D eigenvalue weighted by atomic mass is 16.7. The van der Waals surface area contributed by atoms with Crippen LogP contribution in [0.1, 0.15) is 22.4 Å². The molecule has 0 saturated heterocycles. The number of H-pyrrole nitrogens is 1. The molecule has 1 N–H and O–H groups in total. The van der Waals surface area contributed by atoms with Crippen LogP contribution >= 0.6 is 0 Å². The predicted molar refractivity (Wildman–Crippen MR) is 114 cm³/mol. The predicted octanol–water partition coefficient (Wildman–Crippen LogP) is 4.76. The number of nitrogens with zero attached hydrogens (tertiary/aromatic N) is 2. The average molecular weight is 393 g/mol. The van der Waals surface area contributed by atoms with Crippen molar-refractivity contribution in [2.45, 2.75) is 11.8 Å². The van der Waals surface area contributed by atoms with E-state index in [9.17, 15) is 0 Å². The van der Waals surface area contributed by atoms with Crippen molar-refractivity contribution in [2.75, 3.05) is 6.79 Å². The van der Waals surface area contributed by atoms with E-state index in [1.165, 1.54) is 11.1 Å². The van der Waals surface area contributed by atoms with E-state index in [0.29, 0.717) is 0 Å². The minimum atomic E-state index is -0.322. The van der Waals surface area contributed by atoms with Gasteiger partial charge in [0.1, 0.15) is 0 Å². The first kappa shape index (κ1) is 17.0. The molecule has 1 unspecified atom stereocenters. The molecule has 4 aromatic rings. The third kappa shape index (κ3) is 2.55. The SMILES string of the molecule is C1=CC(c2ccccc2)(c2ccc3c(c2)OCO3)Cc2[nH]nc(-c3ccncc3)c21. The summed E-state index contributed by atoms with van der Waals surface area (Å²) in [6.07, 6.45) is 8.85. The van der Waals surface area contributed by atoms with Crippen molar-refractivity contribution >= 4 is 6.08 Å². The van der Waals surface area contributed by atoms with Gasteiger partial charge in [0.2, 0.25) is 6.79 Å². The van der Waals surface area contributed by atoms with Gasteiger partial charge in [-0.3, -0.25) is 10.1 Å². The number of rotatable bonds is 3. The summed E-state index contributed by atoms with van der Waals surface area (Å²) in [7, 11) is 0. The molecule has 0 radical (unpaired) electrons. The van der Waals surface area contributed by atoms with E-state index in [4.69, 9.17) is 9.47 Å². The Kier molecular flexibility index (Phi) is 3.74. The Balaban J connectivity index is 1.50. The molecule has 1 atom stereocenters. The zero-order valence-electron chi connectivity index (χ0n) is 16.2. The van der Waals surface area contributed by atoms with Crippen LogP contribution in [0.5, 0.6) is 11.5 Å². The van der Waals surface area contributed by atoms with Gasteiger partial charge in [-0.1, -0.05) is 48.6 Å². The van der Waals surface area contributed by atoms with E-state index in [1.807, 2.05) is 24.3 Å². The fraction of sp³-hybridized carbons (Fsp3) is 0.120. The first-order valence-electron chi connectivity index (χ1n) is 9.96. The summed E-state index contributed by atoms with van der Waals surface area (Å²) in [5.41, 5.74) is 6.33. The minimum absolute atomic E-state index is 0.271. The number of hydrogen-bond acceptors (Lipinski definition) is 4. The molecule has 2 aromatic heterocycles. The first-order valence-corrected chi connectivity index (χ1v) is 9.96. The molecule has 2 aliphatic rings. The number of allylic oxidation sites excluding steroid dienone is 1. The van der Waals surface area contributed by atoms with Gasteiger partial charge in [0, 0.05) is 41.1 Å². The summed E-state index contributed by atoms with van der Waals surface area (Å²) < 4.78 is 11.2. The van der Waals surface area contributed by atoms with Gasteiger partial charge in [-0.05, 0) is 35.4 Å². The molecule has 0 fully saturated rings. The van der Waals surface area contributed by atoms with Gasteiger partial charge < -0.3 is 9.47 Å². The van der Waals surface area contributed by atoms with Crippen molar-refractivity contribution in [1.29, 1.82) is 0 Å². The Labute approximate surface area is 174 Å². The zero-order chi connectivity index (χ0) is 20.0. The summed E-state index contributed by atoms with van der Waals surface area (Å²) in [5.74, 6) is 1.59. The third-order valence-corrected chi connectivity index (χ3v) is 6.00. The van der Waals surface area contributed by atoms with E-state index in [1.54, 1.807) is 12.4 Å². The average Bonchev–Trinajstić information content (AvgIpc) is 3.46. The molecule has 1 aliphatic carbocycles. The number of nitrogens with one attached hydrogen (secondary N) is 1. The largest absolute Gasteiger partial charge is 0.454 e. The van der Waals surface area contributed by atoms with Crippen LogP contribution in [0.2, 0.25) is 0 Å². The highest BCUT2D eigenvalue weighted by molar-refractivity contribution is 5.76. The van der Waals surface area contributed by atoms with Crippen molar-refractivity contribution in [1.82, 2.24) is 15.2 Å². The van der Waals surface area contributed by atoms with Gasteiger partial charge in [-0.25, -0.2) is 0 Å². The van der Waals surface area contributed by atoms with Gasteiger partial charge >= 0.3 is 0 Å². The Morgan fingerprint density at radius 1 is 0.867 bits per heavy atom. The fourth-order valence-corrected chi connectivity index (χ4v) is 4.47. The lowest BCUT2D eigenvalue weighted by molar-refractivity contribution is 0.174. The molecule has 0 spiro atoms. The monoisotopic (exact) mass is 393 g/mol. The second-order valence-corrected chi connectivity index (χ2v) is 7.62. The maximum atomic E-state index is 5.67. The Morgan fingerprint density at radius 2 is 1.70 bits per heavy atom. The molecule has 6 rings (SSSR count). The number of hydrogen-bond donors (Lipinski definition) is 1. The molecular formula is C25H19N3O2. The van der Waals surface area contributed by atoms with Crippen LogP contribution in [0.15, 0.2) is 79.1 Å². The van der Waals surface area contributed by atoms with Crippen LogP contribution in [0.3, 0.4) is 0 Å². The van der Waals surface area contributed by atoms with Crippen LogP contribution in [0.4, 0.5) is 0 Å². The number of ether oxygens (including phenoxy) is 2. The smallest absolute Gasteiger partial charge is 0.231 e. The summed E-state index contributed by atoms with van der Waals surface area (Å²) in [4.78, 5) is 4.12. The van der Waals surface area contributed by atoms with Crippen LogP contribution in [0, 0.1) is 0 Å². The van der Waals surface area contributed by atoms with Gasteiger partial charge in [-0.2, -0.15) is 5.10 Å². The summed E-state index contributed by atoms with van der Waals surface area (Å²) in [6.45, 7) is 0.271. The number of benzene rings is 2. The normalized spacial score (nSPS) is 18.9. The maximum Gasteiger partial charge on any atom is 0.231 e. The topological polar surface area (TPSA) is 60.0 Å². The summed E-state index contributed by atoms with van der Waals surface area (Å²) >= 11 is 0. The molecule has 0 amide bonds. The molecule has 0 saturated carbocycles. The Bertz CT molecular complexity index is 1250. The lowest BCUT2D eigenvalue weighted by Crippen LogP contribution is -2.30. The molecule has 0 bridgehead atoms. The van der Waals surface area contributed by atoms with E-state index in [2.05, 4.69) is 63.7 Å². The Morgan fingerprint density at radius 3 is 2.57 bits per heavy atom. The highest BCUT2D eigenvalue weighted by Crippen LogP contribution is 2.45. The molecule has 5 heteroatoms. The van der Waals surface area contributed by atoms with Crippen molar-refractivity contribution < 1.29 is 9.47 Å². The van der Waals surface area contributed by atoms with Crippen LogP contribution in [-0.4, -0.2) is 22.0 Å². The zero-order valence-corrected chi connectivity index (χ0v) is 16.2. The molecule has 30 heavy (non-hydrogen) atoms. The second-order valence-electron chi connectivity index (χ2n) is 7.62. The standard InChI is InChI=1S/C25H19N3O2/c1-2-4-18(5-3-1)25(19-6-7-22-23(14-19)30-16-29-22)11-8-20-21(15-25)27-28-24(20)17-9-12-26-13-10-17/h1-14H,15-16H2,(H,27,28). The van der Waals surface area contributed by atoms with Gasteiger partial charge in [-0.15, -0.1) is 0 Å². The van der Waals surface area contributed by atoms with Gasteiger partial charge in [0.15, 0.2) is 11.5 Å². The number of fused-ring (bicyclic) bond motifs is 2. The Hall–Kier alpha value is -3.86. The van der Waals surface area contributed by atoms with Crippen LogP contribution in [-0.2, 0) is 11.8 Å². The van der Waals surface area contributed by atoms with Crippen molar-refractivity contribution in [2.24, 2.45) is 0 Å². The highest BCUT2D eigenvalue weighted by Gasteiger charge is 2.37. The lowest BCUT2D eigenvalue weighted by Gasteiger charge is -2.34. The molecule has 1 aliphatic heterocycles. The molecule has 5 nitrogen and oxygen atoms in total. The number of pyridine rings is 1. The molecule has 2 aromatic carbocycles. The van der Waals surface area contributed by atoms with E-state index in [-0.39, 0.29) is 12.2 Å². The molecule has 146 valence electrons. The summed E-state index contributed by atoms with van der Waals surface area (Å²) in [6, 6.07) is 20.8. The van der Waals surface area contributed by atoms with Gasteiger partial charge in [0.05, 0.1) is 5.69 Å². The first-order chi connectivity index (χ1) is 14.8. The lowest BCUT2D eigenvalue weighted by atomic mass is 9.68. The second kappa shape index (κ2) is 6.59. The van der Waals surface area contributed by atoms with E-state index >= 15 is 0 Å². The van der Waals surface area contributed by atoms with E-state index in [0.717, 1.165) is 40.4 Å². The third-order valence-electron chi connectivity index (χ3n) is 6.00. The minimum Gasteiger partial charge on any atom is -0.454 e. The molecule has 3 heterocycles. The van der Waals surface area contributed by atoms with E-state index < -0.39 is 0 Å². The van der Waals surface area contributed by atoms with Crippen molar-refractivity contribution in [3.63, 3.8) is 0 Å². The van der Waals surface area contributed by atoms with Gasteiger partial charge in [0.25, 0.3) is 0 Å². The van der Waals surface area contributed by atoms with Crippen LogP contribution in [0.25, 0.3) is 17.3 Å². The van der Waals surface area contributed by atoms with Crippen LogP contribution < -0.4 is 9.47 Å².